The van der Waals surface area contributed by atoms with Crippen LogP contribution in [0.5, 0.6) is 0 Å². The molecule has 0 spiro atoms. The van der Waals surface area contributed by atoms with Crippen LogP contribution in [0.15, 0.2) is 42.7 Å². The van der Waals surface area contributed by atoms with Gasteiger partial charge in [-0.1, -0.05) is 18.2 Å². The molecule has 2 heterocycles. The van der Waals surface area contributed by atoms with Gasteiger partial charge in [0, 0.05) is 30.7 Å². The summed E-state index contributed by atoms with van der Waals surface area (Å²) in [5.41, 5.74) is 3.21. The highest BCUT2D eigenvalue weighted by atomic mass is 16.1. The molecule has 21 heavy (non-hydrogen) atoms. The molecule has 3 rings (SSSR count). The fourth-order valence-electron chi connectivity index (χ4n) is 2.28. The minimum absolute atomic E-state index is 0.116. The van der Waals surface area contributed by atoms with E-state index in [4.69, 9.17) is 0 Å². The first-order valence-corrected chi connectivity index (χ1v) is 6.75. The Morgan fingerprint density at radius 3 is 2.90 bits per heavy atom. The van der Waals surface area contributed by atoms with E-state index in [1.54, 1.807) is 10.9 Å². The highest BCUT2D eigenvalue weighted by Gasteiger charge is 2.11. The van der Waals surface area contributed by atoms with Crippen molar-refractivity contribution in [2.75, 3.05) is 0 Å². The molecule has 0 saturated carbocycles. The summed E-state index contributed by atoms with van der Waals surface area (Å²) < 4.78 is 1.71. The van der Waals surface area contributed by atoms with Gasteiger partial charge in [0.05, 0.1) is 23.0 Å². The van der Waals surface area contributed by atoms with Crippen molar-refractivity contribution in [3.63, 3.8) is 0 Å². The normalized spacial score (nSPS) is 10.8. The summed E-state index contributed by atoms with van der Waals surface area (Å²) in [6, 6.07) is 9.67. The quantitative estimate of drug-likeness (QED) is 0.800. The molecule has 0 aliphatic heterocycles. The second kappa shape index (κ2) is 5.36. The molecular formula is C16H16N4O. The summed E-state index contributed by atoms with van der Waals surface area (Å²) in [6.07, 6.45) is 3.62. The minimum Gasteiger partial charge on any atom is -0.348 e. The molecule has 5 nitrogen and oxygen atoms in total. The molecule has 0 saturated heterocycles. The standard InChI is InChI=1S/C16H16N4O/c1-11-14(7-13-5-3-4-6-15(13)19-11)16(21)17-8-12-9-18-20(2)10-12/h3-7,9-10H,8H2,1-2H3,(H,17,21). The van der Waals surface area contributed by atoms with Gasteiger partial charge in [0.15, 0.2) is 0 Å². The van der Waals surface area contributed by atoms with Crippen molar-refractivity contribution in [1.82, 2.24) is 20.1 Å². The second-order valence-corrected chi connectivity index (χ2v) is 5.02. The summed E-state index contributed by atoms with van der Waals surface area (Å²) >= 11 is 0. The van der Waals surface area contributed by atoms with E-state index in [9.17, 15) is 4.79 Å². The van der Waals surface area contributed by atoms with E-state index in [1.165, 1.54) is 0 Å². The van der Waals surface area contributed by atoms with Crippen LogP contribution in [0.1, 0.15) is 21.6 Å². The first-order valence-electron chi connectivity index (χ1n) is 6.75. The third kappa shape index (κ3) is 2.76. The van der Waals surface area contributed by atoms with Crippen LogP contribution in [0.3, 0.4) is 0 Å². The number of fused-ring (bicyclic) bond motifs is 1. The van der Waals surface area contributed by atoms with E-state index in [0.717, 1.165) is 22.2 Å². The molecular weight excluding hydrogens is 264 g/mol. The van der Waals surface area contributed by atoms with Gasteiger partial charge in [-0.05, 0) is 19.1 Å². The van der Waals surface area contributed by atoms with Crippen LogP contribution < -0.4 is 5.32 Å². The molecule has 0 unspecified atom stereocenters. The van der Waals surface area contributed by atoms with Gasteiger partial charge in [-0.2, -0.15) is 5.10 Å². The molecule has 1 amide bonds. The average Bonchev–Trinajstić information content (AvgIpc) is 2.89. The Kier molecular flexibility index (Phi) is 3.39. The van der Waals surface area contributed by atoms with E-state index in [2.05, 4.69) is 15.4 Å². The second-order valence-electron chi connectivity index (χ2n) is 5.02. The molecule has 0 aliphatic rings. The smallest absolute Gasteiger partial charge is 0.253 e. The van der Waals surface area contributed by atoms with Crippen molar-refractivity contribution >= 4 is 16.8 Å². The number of rotatable bonds is 3. The lowest BCUT2D eigenvalue weighted by molar-refractivity contribution is 0.0950. The summed E-state index contributed by atoms with van der Waals surface area (Å²) in [6.45, 7) is 2.31. The number of nitrogens with zero attached hydrogens (tertiary/aromatic N) is 3. The predicted molar refractivity (Wildman–Crippen MR) is 80.9 cm³/mol. The lowest BCUT2D eigenvalue weighted by Crippen LogP contribution is -2.23. The lowest BCUT2D eigenvalue weighted by Gasteiger charge is -2.08. The summed E-state index contributed by atoms with van der Waals surface area (Å²) in [5.74, 6) is -0.116. The largest absolute Gasteiger partial charge is 0.348 e. The first kappa shape index (κ1) is 13.3. The third-order valence-electron chi connectivity index (χ3n) is 3.37. The summed E-state index contributed by atoms with van der Waals surface area (Å²) in [5, 5.41) is 7.95. The Morgan fingerprint density at radius 2 is 2.14 bits per heavy atom. The van der Waals surface area contributed by atoms with Gasteiger partial charge in [-0.3, -0.25) is 14.5 Å². The van der Waals surface area contributed by atoms with Gasteiger partial charge in [-0.25, -0.2) is 0 Å². The van der Waals surface area contributed by atoms with Gasteiger partial charge in [0.1, 0.15) is 0 Å². The zero-order valence-corrected chi connectivity index (χ0v) is 12.0. The topological polar surface area (TPSA) is 59.8 Å². The summed E-state index contributed by atoms with van der Waals surface area (Å²) in [4.78, 5) is 16.8. The van der Waals surface area contributed by atoms with Crippen LogP contribution in [0, 0.1) is 6.92 Å². The van der Waals surface area contributed by atoms with Crippen LogP contribution in [0.2, 0.25) is 0 Å². The number of pyridine rings is 1. The average molecular weight is 280 g/mol. The fourth-order valence-corrected chi connectivity index (χ4v) is 2.28. The molecule has 1 aromatic carbocycles. The van der Waals surface area contributed by atoms with E-state index in [-0.39, 0.29) is 5.91 Å². The number of carbonyl (C=O) groups excluding carboxylic acids is 1. The Labute approximate surface area is 122 Å². The van der Waals surface area contributed by atoms with Crippen molar-refractivity contribution < 1.29 is 4.79 Å². The van der Waals surface area contributed by atoms with E-state index in [0.29, 0.717) is 12.1 Å². The predicted octanol–water partition coefficient (Wildman–Crippen LogP) is 2.21. The first-order chi connectivity index (χ1) is 10.1. The highest BCUT2D eigenvalue weighted by molar-refractivity contribution is 5.98. The number of aromatic nitrogens is 3. The highest BCUT2D eigenvalue weighted by Crippen LogP contribution is 2.16. The van der Waals surface area contributed by atoms with Crippen molar-refractivity contribution in [3.05, 3.63) is 59.5 Å². The van der Waals surface area contributed by atoms with E-state index >= 15 is 0 Å². The molecule has 106 valence electrons. The number of amides is 1. The number of para-hydroxylation sites is 1. The van der Waals surface area contributed by atoms with Crippen molar-refractivity contribution in [2.24, 2.45) is 7.05 Å². The molecule has 0 atom stereocenters. The van der Waals surface area contributed by atoms with Crippen LogP contribution in [-0.4, -0.2) is 20.7 Å². The van der Waals surface area contributed by atoms with Gasteiger partial charge < -0.3 is 5.32 Å². The van der Waals surface area contributed by atoms with Gasteiger partial charge in [0.25, 0.3) is 5.91 Å². The zero-order chi connectivity index (χ0) is 14.8. The van der Waals surface area contributed by atoms with Crippen molar-refractivity contribution in [2.45, 2.75) is 13.5 Å². The number of nitrogens with one attached hydrogen (secondary N) is 1. The zero-order valence-electron chi connectivity index (χ0n) is 12.0. The number of carbonyl (C=O) groups is 1. The van der Waals surface area contributed by atoms with E-state index < -0.39 is 0 Å². The van der Waals surface area contributed by atoms with Gasteiger partial charge in [-0.15, -0.1) is 0 Å². The van der Waals surface area contributed by atoms with Crippen LogP contribution >= 0.6 is 0 Å². The molecule has 0 fully saturated rings. The molecule has 0 bridgehead atoms. The Balaban J connectivity index is 1.82. The van der Waals surface area contributed by atoms with E-state index in [1.807, 2.05) is 50.5 Å². The number of benzene rings is 1. The van der Waals surface area contributed by atoms with Crippen molar-refractivity contribution in [1.29, 1.82) is 0 Å². The van der Waals surface area contributed by atoms with Crippen molar-refractivity contribution in [3.8, 4) is 0 Å². The number of hydrogen-bond donors (Lipinski definition) is 1. The maximum atomic E-state index is 12.3. The maximum absolute atomic E-state index is 12.3. The molecule has 5 heteroatoms. The molecule has 0 aliphatic carbocycles. The molecule has 1 N–H and O–H groups in total. The summed E-state index contributed by atoms with van der Waals surface area (Å²) in [7, 11) is 1.85. The number of aryl methyl sites for hydroxylation is 2. The van der Waals surface area contributed by atoms with Gasteiger partial charge >= 0.3 is 0 Å². The van der Waals surface area contributed by atoms with Crippen LogP contribution in [0.4, 0.5) is 0 Å². The molecule has 2 aromatic heterocycles. The Hall–Kier alpha value is -2.69. The SMILES string of the molecule is Cc1nc2ccccc2cc1C(=O)NCc1cnn(C)c1. The lowest BCUT2D eigenvalue weighted by atomic mass is 10.1. The monoisotopic (exact) mass is 280 g/mol. The minimum atomic E-state index is -0.116. The molecule has 0 radical (unpaired) electrons. The van der Waals surface area contributed by atoms with Crippen LogP contribution in [0.25, 0.3) is 10.9 Å². The fraction of sp³-hybridized carbons (Fsp3) is 0.188. The number of hydrogen-bond acceptors (Lipinski definition) is 3. The maximum Gasteiger partial charge on any atom is 0.253 e. The Bertz CT molecular complexity index is 807. The molecule has 3 aromatic rings. The third-order valence-corrected chi connectivity index (χ3v) is 3.37. The van der Waals surface area contributed by atoms with Gasteiger partial charge in [0.2, 0.25) is 0 Å². The van der Waals surface area contributed by atoms with Crippen LogP contribution in [-0.2, 0) is 13.6 Å². The Morgan fingerprint density at radius 1 is 1.33 bits per heavy atom.